The number of rotatable bonds is 3. The average molecular weight is 134 g/mol. The quantitative estimate of drug-likeness (QED) is 0.404. The SMILES string of the molecule is C=C([O-])CC(=O)CCl. The van der Waals surface area contributed by atoms with E-state index in [0.717, 1.165) is 0 Å². The molecular formula is C5H6ClO2-. The fraction of sp³-hybridized carbons (Fsp3) is 0.400. The molecule has 0 amide bonds. The standard InChI is InChI=1S/C5H7ClO2/c1-4(7)2-5(8)3-6/h7H,1-3H2/p-1. The lowest BCUT2D eigenvalue weighted by molar-refractivity contribution is -0.304. The maximum atomic E-state index is 10.2. The van der Waals surface area contributed by atoms with Crippen LogP contribution in [0, 0.1) is 0 Å². The van der Waals surface area contributed by atoms with Gasteiger partial charge < -0.3 is 5.11 Å². The Hall–Kier alpha value is -0.500. The van der Waals surface area contributed by atoms with Crippen LogP contribution >= 0.6 is 11.6 Å². The molecule has 0 N–H and O–H groups in total. The summed E-state index contributed by atoms with van der Waals surface area (Å²) in [5.74, 6) is -0.747. The molecule has 0 aromatic rings. The van der Waals surface area contributed by atoms with Gasteiger partial charge in [-0.25, -0.2) is 0 Å². The van der Waals surface area contributed by atoms with Crippen LogP contribution in [0.5, 0.6) is 0 Å². The van der Waals surface area contributed by atoms with Gasteiger partial charge >= 0.3 is 0 Å². The first-order chi connectivity index (χ1) is 3.66. The third-order valence-corrected chi connectivity index (χ3v) is 0.841. The van der Waals surface area contributed by atoms with Crippen LogP contribution in [0.25, 0.3) is 0 Å². The van der Waals surface area contributed by atoms with Crippen LogP contribution in [0.4, 0.5) is 0 Å². The van der Waals surface area contributed by atoms with Crippen LogP contribution in [0.3, 0.4) is 0 Å². The summed E-state index contributed by atoms with van der Waals surface area (Å²) in [4.78, 5) is 10.2. The van der Waals surface area contributed by atoms with E-state index in [4.69, 9.17) is 11.6 Å². The molecule has 2 nitrogen and oxygen atoms in total. The van der Waals surface area contributed by atoms with Gasteiger partial charge in [-0.2, -0.15) is 0 Å². The summed E-state index contributed by atoms with van der Waals surface area (Å²) in [6.45, 7) is 3.01. The largest absolute Gasteiger partial charge is 0.876 e. The molecule has 0 aliphatic heterocycles. The zero-order valence-corrected chi connectivity index (χ0v) is 5.07. The molecule has 46 valence electrons. The first-order valence-corrected chi connectivity index (χ1v) is 2.62. The van der Waals surface area contributed by atoms with Gasteiger partial charge in [-0.05, 0) is 0 Å². The Morgan fingerprint density at radius 1 is 1.75 bits per heavy atom. The lowest BCUT2D eigenvalue weighted by Gasteiger charge is -2.04. The summed E-state index contributed by atoms with van der Waals surface area (Å²) in [6, 6.07) is 0. The zero-order chi connectivity index (χ0) is 6.57. The highest BCUT2D eigenvalue weighted by molar-refractivity contribution is 6.27. The molecule has 8 heavy (non-hydrogen) atoms. The van der Waals surface area contributed by atoms with Crippen molar-refractivity contribution in [1.29, 1.82) is 0 Å². The van der Waals surface area contributed by atoms with E-state index in [1.54, 1.807) is 0 Å². The van der Waals surface area contributed by atoms with E-state index in [0.29, 0.717) is 0 Å². The molecule has 0 atom stereocenters. The van der Waals surface area contributed by atoms with Crippen LogP contribution < -0.4 is 5.11 Å². The highest BCUT2D eigenvalue weighted by atomic mass is 35.5. The van der Waals surface area contributed by atoms with Crippen LogP contribution in [0.2, 0.25) is 0 Å². The van der Waals surface area contributed by atoms with Crippen molar-refractivity contribution in [2.24, 2.45) is 0 Å². The van der Waals surface area contributed by atoms with E-state index in [-0.39, 0.29) is 23.8 Å². The topological polar surface area (TPSA) is 40.1 Å². The predicted molar refractivity (Wildman–Crippen MR) is 29.5 cm³/mol. The first kappa shape index (κ1) is 7.50. The van der Waals surface area contributed by atoms with Gasteiger partial charge in [0.1, 0.15) is 0 Å². The van der Waals surface area contributed by atoms with Gasteiger partial charge in [-0.15, -0.1) is 23.9 Å². The molecule has 0 spiro atoms. The van der Waals surface area contributed by atoms with E-state index in [9.17, 15) is 9.90 Å². The molecule has 0 radical (unpaired) electrons. The number of ketones is 1. The maximum Gasteiger partial charge on any atom is 0.150 e. The monoisotopic (exact) mass is 133 g/mol. The molecule has 0 aliphatic carbocycles. The molecule has 0 aromatic heterocycles. The number of carbonyl (C=O) groups is 1. The number of hydrogen-bond acceptors (Lipinski definition) is 2. The lowest BCUT2D eigenvalue weighted by Crippen LogP contribution is -2.08. The highest BCUT2D eigenvalue weighted by Crippen LogP contribution is 1.90. The summed E-state index contributed by atoms with van der Waals surface area (Å²) in [7, 11) is 0. The minimum atomic E-state index is -0.379. The van der Waals surface area contributed by atoms with Crippen LogP contribution in [-0.2, 0) is 4.79 Å². The van der Waals surface area contributed by atoms with Crippen molar-refractivity contribution in [2.75, 3.05) is 5.88 Å². The Balaban J connectivity index is 3.40. The fourth-order valence-corrected chi connectivity index (χ4v) is 0.362. The third kappa shape index (κ3) is 3.68. The number of Topliss-reactive ketones (excluding diaryl/α,β-unsaturated/α-hetero) is 1. The normalized spacial score (nSPS) is 8.62. The van der Waals surface area contributed by atoms with Gasteiger partial charge in [0.25, 0.3) is 0 Å². The van der Waals surface area contributed by atoms with Crippen LogP contribution in [0.1, 0.15) is 6.42 Å². The molecule has 0 heterocycles. The lowest BCUT2D eigenvalue weighted by atomic mass is 10.3. The molecule has 0 unspecified atom stereocenters. The highest BCUT2D eigenvalue weighted by Gasteiger charge is 1.93. The van der Waals surface area contributed by atoms with E-state index < -0.39 is 0 Å². The minimum absolute atomic E-state index is 0.0960. The molecule has 0 aliphatic rings. The Morgan fingerprint density at radius 3 is 2.38 bits per heavy atom. The average Bonchev–Trinajstić information content (AvgIpc) is 1.65. The molecule has 0 rings (SSSR count). The number of alkyl halides is 1. The van der Waals surface area contributed by atoms with Crippen molar-refractivity contribution in [3.8, 4) is 0 Å². The fourth-order valence-electron chi connectivity index (χ4n) is 0.267. The predicted octanol–water partition coefficient (Wildman–Crippen LogP) is 0.0584. The van der Waals surface area contributed by atoms with Crippen molar-refractivity contribution in [3.63, 3.8) is 0 Å². The molecule has 0 bridgehead atoms. The van der Waals surface area contributed by atoms with Crippen molar-refractivity contribution in [2.45, 2.75) is 6.42 Å². The van der Waals surface area contributed by atoms with Gasteiger partial charge in [0.15, 0.2) is 5.78 Å². The van der Waals surface area contributed by atoms with Crippen molar-refractivity contribution >= 4 is 17.4 Å². The maximum absolute atomic E-state index is 10.2. The molecule has 0 fully saturated rings. The Labute approximate surface area is 52.8 Å². The summed E-state index contributed by atoms with van der Waals surface area (Å²) in [5.41, 5.74) is 0. The van der Waals surface area contributed by atoms with Crippen molar-refractivity contribution < 1.29 is 9.90 Å². The van der Waals surface area contributed by atoms with Gasteiger partial charge in [-0.1, -0.05) is 0 Å². The molecule has 0 saturated heterocycles. The Kier molecular flexibility index (Phi) is 3.28. The van der Waals surface area contributed by atoms with E-state index in [1.165, 1.54) is 0 Å². The van der Waals surface area contributed by atoms with E-state index in [2.05, 4.69) is 6.58 Å². The van der Waals surface area contributed by atoms with Gasteiger partial charge in [0, 0.05) is 6.42 Å². The minimum Gasteiger partial charge on any atom is -0.876 e. The van der Waals surface area contributed by atoms with Crippen molar-refractivity contribution in [1.82, 2.24) is 0 Å². The summed E-state index contributed by atoms with van der Waals surface area (Å²) in [6.07, 6.45) is -0.135. The third-order valence-electron chi connectivity index (χ3n) is 0.543. The Morgan fingerprint density at radius 2 is 2.25 bits per heavy atom. The smallest absolute Gasteiger partial charge is 0.150 e. The second kappa shape index (κ2) is 3.50. The molecular weight excluding hydrogens is 128 g/mol. The second-order valence-electron chi connectivity index (χ2n) is 1.39. The number of hydrogen-bond donors (Lipinski definition) is 0. The number of carbonyl (C=O) groups excluding carboxylic acids is 1. The first-order valence-electron chi connectivity index (χ1n) is 2.09. The van der Waals surface area contributed by atoms with E-state index >= 15 is 0 Å². The summed E-state index contributed by atoms with van der Waals surface area (Å²) < 4.78 is 0. The van der Waals surface area contributed by atoms with E-state index in [1.807, 2.05) is 0 Å². The molecule has 0 aromatic carbocycles. The Bertz CT molecular complexity index is 109. The van der Waals surface area contributed by atoms with Gasteiger partial charge in [0.05, 0.1) is 5.88 Å². The molecule has 0 saturated carbocycles. The summed E-state index contributed by atoms with van der Waals surface area (Å²) in [5, 5.41) is 10.0. The van der Waals surface area contributed by atoms with Gasteiger partial charge in [-0.3, -0.25) is 4.79 Å². The second-order valence-corrected chi connectivity index (χ2v) is 1.66. The molecule has 3 heteroatoms. The summed E-state index contributed by atoms with van der Waals surface area (Å²) >= 11 is 5.07. The van der Waals surface area contributed by atoms with Crippen LogP contribution in [-0.4, -0.2) is 11.7 Å². The van der Waals surface area contributed by atoms with Crippen molar-refractivity contribution in [3.05, 3.63) is 12.3 Å². The van der Waals surface area contributed by atoms with Gasteiger partial charge in [0.2, 0.25) is 0 Å². The number of halogens is 1. The number of allylic oxidation sites excluding steroid dienone is 1. The van der Waals surface area contributed by atoms with Crippen LogP contribution in [0.15, 0.2) is 12.3 Å². The zero-order valence-electron chi connectivity index (χ0n) is 4.32.